The van der Waals surface area contributed by atoms with Crippen LogP contribution in [0.5, 0.6) is 11.5 Å². The summed E-state index contributed by atoms with van der Waals surface area (Å²) < 4.78 is 15.6. The molecule has 32 heavy (non-hydrogen) atoms. The van der Waals surface area contributed by atoms with E-state index in [2.05, 4.69) is 5.32 Å². The van der Waals surface area contributed by atoms with Gasteiger partial charge in [0.25, 0.3) is 5.91 Å². The number of piperazine rings is 1. The molecule has 170 valence electrons. The Balaban J connectivity index is 1.42. The van der Waals surface area contributed by atoms with Gasteiger partial charge in [0.2, 0.25) is 11.8 Å². The summed E-state index contributed by atoms with van der Waals surface area (Å²) in [5.41, 5.74) is 0.507. The number of furan rings is 1. The normalized spacial score (nSPS) is 13.8. The third-order valence-electron chi connectivity index (χ3n) is 5.13. The molecule has 9 heteroatoms. The van der Waals surface area contributed by atoms with Crippen molar-refractivity contribution >= 4 is 23.8 Å². The van der Waals surface area contributed by atoms with Crippen LogP contribution < -0.4 is 14.8 Å². The maximum Gasteiger partial charge on any atom is 0.254 e. The highest BCUT2D eigenvalue weighted by atomic mass is 16.5. The molecule has 9 nitrogen and oxygen atoms in total. The fourth-order valence-electron chi connectivity index (χ4n) is 3.36. The first kappa shape index (κ1) is 22.9. The van der Waals surface area contributed by atoms with Crippen molar-refractivity contribution in [3.05, 3.63) is 54.0 Å². The maximum absolute atomic E-state index is 12.8. The smallest absolute Gasteiger partial charge is 0.254 e. The van der Waals surface area contributed by atoms with Crippen molar-refractivity contribution in [2.75, 3.05) is 46.9 Å². The van der Waals surface area contributed by atoms with Gasteiger partial charge in [0.05, 0.1) is 20.5 Å². The summed E-state index contributed by atoms with van der Waals surface area (Å²) in [6, 6.07) is 8.52. The average Bonchev–Trinajstić information content (AvgIpc) is 3.35. The number of rotatable bonds is 8. The van der Waals surface area contributed by atoms with E-state index in [1.165, 1.54) is 19.4 Å². The Morgan fingerprint density at radius 1 is 1.03 bits per heavy atom. The van der Waals surface area contributed by atoms with E-state index in [1.807, 2.05) is 0 Å². The highest BCUT2D eigenvalue weighted by molar-refractivity contribution is 5.95. The van der Waals surface area contributed by atoms with E-state index in [0.717, 1.165) is 0 Å². The zero-order chi connectivity index (χ0) is 22.9. The SMILES string of the molecule is COc1ccc(C(=O)N2CCN(C(=O)CCNC(=O)/C=C/c3ccco3)CC2)cc1OC. The Morgan fingerprint density at radius 3 is 2.41 bits per heavy atom. The van der Waals surface area contributed by atoms with Crippen molar-refractivity contribution in [3.8, 4) is 11.5 Å². The Bertz CT molecular complexity index is 962. The van der Waals surface area contributed by atoms with Crippen LogP contribution in [-0.4, -0.2) is 74.5 Å². The summed E-state index contributed by atoms with van der Waals surface area (Å²) in [5.74, 6) is 1.17. The van der Waals surface area contributed by atoms with Gasteiger partial charge in [0.15, 0.2) is 11.5 Å². The highest BCUT2D eigenvalue weighted by Crippen LogP contribution is 2.28. The van der Waals surface area contributed by atoms with Crippen LogP contribution in [0.25, 0.3) is 6.08 Å². The van der Waals surface area contributed by atoms with E-state index in [1.54, 1.807) is 53.3 Å². The van der Waals surface area contributed by atoms with E-state index >= 15 is 0 Å². The number of nitrogens with zero attached hydrogens (tertiary/aromatic N) is 2. The summed E-state index contributed by atoms with van der Waals surface area (Å²) >= 11 is 0. The van der Waals surface area contributed by atoms with E-state index in [-0.39, 0.29) is 30.7 Å². The van der Waals surface area contributed by atoms with Gasteiger partial charge >= 0.3 is 0 Å². The maximum atomic E-state index is 12.8. The van der Waals surface area contributed by atoms with Crippen LogP contribution in [0, 0.1) is 0 Å². The molecule has 1 N–H and O–H groups in total. The van der Waals surface area contributed by atoms with Crippen molar-refractivity contribution in [2.24, 2.45) is 0 Å². The quantitative estimate of drug-likeness (QED) is 0.627. The Morgan fingerprint density at radius 2 is 1.75 bits per heavy atom. The predicted octanol–water partition coefficient (Wildman–Crippen LogP) is 1.80. The van der Waals surface area contributed by atoms with Crippen molar-refractivity contribution in [1.82, 2.24) is 15.1 Å². The first-order valence-corrected chi connectivity index (χ1v) is 10.3. The Hall–Kier alpha value is -3.75. The molecular formula is C23H27N3O6. The molecule has 3 amide bonds. The molecule has 0 bridgehead atoms. The lowest BCUT2D eigenvalue weighted by molar-refractivity contribution is -0.132. The molecule has 1 aromatic heterocycles. The van der Waals surface area contributed by atoms with E-state index in [0.29, 0.717) is 49.0 Å². The van der Waals surface area contributed by atoms with E-state index in [4.69, 9.17) is 13.9 Å². The summed E-state index contributed by atoms with van der Waals surface area (Å²) in [5, 5.41) is 2.68. The van der Waals surface area contributed by atoms with Gasteiger partial charge in [-0.3, -0.25) is 14.4 Å². The molecule has 0 spiro atoms. The molecule has 0 aliphatic carbocycles. The zero-order valence-electron chi connectivity index (χ0n) is 18.2. The van der Waals surface area contributed by atoms with E-state index in [9.17, 15) is 14.4 Å². The molecule has 1 aromatic carbocycles. The number of nitrogens with one attached hydrogen (secondary N) is 1. The third-order valence-corrected chi connectivity index (χ3v) is 5.13. The van der Waals surface area contributed by atoms with Crippen LogP contribution in [0.15, 0.2) is 47.1 Å². The molecule has 1 saturated heterocycles. The topological polar surface area (TPSA) is 101 Å². The number of ether oxygens (including phenoxy) is 2. The summed E-state index contributed by atoms with van der Waals surface area (Å²) in [6.07, 6.45) is 4.65. The van der Waals surface area contributed by atoms with Gasteiger partial charge in [-0.2, -0.15) is 0 Å². The second-order valence-corrected chi connectivity index (χ2v) is 7.13. The monoisotopic (exact) mass is 441 g/mol. The number of benzene rings is 1. The molecule has 0 radical (unpaired) electrons. The van der Waals surface area contributed by atoms with Crippen LogP contribution in [0.1, 0.15) is 22.5 Å². The van der Waals surface area contributed by atoms with Crippen LogP contribution in [0.3, 0.4) is 0 Å². The molecule has 1 fully saturated rings. The van der Waals surface area contributed by atoms with Gasteiger partial charge in [-0.05, 0) is 36.4 Å². The fourth-order valence-corrected chi connectivity index (χ4v) is 3.36. The van der Waals surface area contributed by atoms with Gasteiger partial charge in [-0.25, -0.2) is 0 Å². The standard InChI is InChI=1S/C23H27N3O6/c1-30-19-7-5-17(16-20(19)31-2)23(29)26-13-11-25(12-14-26)22(28)9-10-24-21(27)8-6-18-4-3-15-32-18/h3-8,15-16H,9-14H2,1-2H3,(H,24,27)/b8-6+. The molecular weight excluding hydrogens is 414 g/mol. The van der Waals surface area contributed by atoms with Crippen molar-refractivity contribution in [3.63, 3.8) is 0 Å². The van der Waals surface area contributed by atoms with Crippen LogP contribution in [0.2, 0.25) is 0 Å². The molecule has 0 saturated carbocycles. The summed E-state index contributed by atoms with van der Waals surface area (Å²) in [7, 11) is 3.06. The number of hydrogen-bond donors (Lipinski definition) is 1. The molecule has 2 aromatic rings. The number of carbonyl (C=O) groups is 3. The Labute approximate surface area is 186 Å². The highest BCUT2D eigenvalue weighted by Gasteiger charge is 2.25. The van der Waals surface area contributed by atoms with Gasteiger partial charge in [-0.15, -0.1) is 0 Å². The first-order chi connectivity index (χ1) is 15.5. The zero-order valence-corrected chi connectivity index (χ0v) is 18.2. The van der Waals surface area contributed by atoms with Crippen molar-refractivity contribution in [1.29, 1.82) is 0 Å². The average molecular weight is 441 g/mol. The molecule has 1 aliphatic rings. The van der Waals surface area contributed by atoms with Gasteiger partial charge < -0.3 is 29.0 Å². The molecule has 1 aliphatic heterocycles. The lowest BCUT2D eigenvalue weighted by Gasteiger charge is -2.35. The van der Waals surface area contributed by atoms with Crippen molar-refractivity contribution in [2.45, 2.75) is 6.42 Å². The van der Waals surface area contributed by atoms with Crippen molar-refractivity contribution < 1.29 is 28.3 Å². The van der Waals surface area contributed by atoms with Crippen LogP contribution in [0.4, 0.5) is 0 Å². The number of amides is 3. The number of hydrogen-bond acceptors (Lipinski definition) is 6. The second-order valence-electron chi connectivity index (χ2n) is 7.13. The molecule has 2 heterocycles. The largest absolute Gasteiger partial charge is 0.493 e. The van der Waals surface area contributed by atoms with Crippen LogP contribution >= 0.6 is 0 Å². The van der Waals surface area contributed by atoms with Crippen LogP contribution in [-0.2, 0) is 9.59 Å². The summed E-state index contributed by atoms with van der Waals surface area (Å²) in [6.45, 7) is 2.02. The minimum absolute atomic E-state index is 0.0569. The van der Waals surface area contributed by atoms with Gasteiger partial charge in [-0.1, -0.05) is 0 Å². The molecule has 0 unspecified atom stereocenters. The lowest BCUT2D eigenvalue weighted by atomic mass is 10.1. The second kappa shape index (κ2) is 11.0. The summed E-state index contributed by atoms with van der Waals surface area (Å²) in [4.78, 5) is 40.5. The van der Waals surface area contributed by atoms with Gasteiger partial charge in [0, 0.05) is 50.8 Å². The number of carbonyl (C=O) groups excluding carboxylic acids is 3. The molecule has 0 atom stereocenters. The fraction of sp³-hybridized carbons (Fsp3) is 0.348. The minimum Gasteiger partial charge on any atom is -0.493 e. The number of methoxy groups -OCH3 is 2. The predicted molar refractivity (Wildman–Crippen MR) is 117 cm³/mol. The van der Waals surface area contributed by atoms with E-state index < -0.39 is 0 Å². The minimum atomic E-state index is -0.292. The first-order valence-electron chi connectivity index (χ1n) is 10.3. The molecule has 3 rings (SSSR count). The third kappa shape index (κ3) is 5.90. The van der Waals surface area contributed by atoms with Gasteiger partial charge in [0.1, 0.15) is 5.76 Å². The lowest BCUT2D eigenvalue weighted by Crippen LogP contribution is -2.51. The Kier molecular flexibility index (Phi) is 7.91.